The lowest BCUT2D eigenvalue weighted by Crippen LogP contribution is -2.17. The minimum Gasteiger partial charge on any atom is -0.288 e. The highest BCUT2D eigenvalue weighted by Gasteiger charge is 2.27. The van der Waals surface area contributed by atoms with E-state index in [9.17, 15) is 9.18 Å². The van der Waals surface area contributed by atoms with E-state index in [4.69, 9.17) is 0 Å². The van der Waals surface area contributed by atoms with Gasteiger partial charge in [0.15, 0.2) is 0 Å². The van der Waals surface area contributed by atoms with Gasteiger partial charge in [0.25, 0.3) is 0 Å². The normalized spacial score (nSPS) is 11.6. The molecule has 19 heavy (non-hydrogen) atoms. The van der Waals surface area contributed by atoms with Crippen molar-refractivity contribution < 1.29 is 9.18 Å². The summed E-state index contributed by atoms with van der Waals surface area (Å²) in [5.41, 5.74) is 1.56. The smallest absolute Gasteiger partial charge is 0.206 e. The van der Waals surface area contributed by atoms with Crippen LogP contribution in [0.4, 0.5) is 4.39 Å². The van der Waals surface area contributed by atoms with Crippen molar-refractivity contribution in [2.24, 2.45) is 0 Å². The maximum absolute atomic E-state index is 13.1. The molecule has 0 saturated carbocycles. The minimum atomic E-state index is -0.340. The first-order valence-electron chi connectivity index (χ1n) is 5.94. The summed E-state index contributed by atoms with van der Waals surface area (Å²) in [5, 5.41) is 4.05. The van der Waals surface area contributed by atoms with Gasteiger partial charge >= 0.3 is 0 Å². The Morgan fingerprint density at radius 1 is 1.32 bits per heavy atom. The lowest BCUT2D eigenvalue weighted by molar-refractivity contribution is 0.103. The van der Waals surface area contributed by atoms with Crippen LogP contribution in [0, 0.1) is 12.7 Å². The van der Waals surface area contributed by atoms with E-state index in [2.05, 4.69) is 9.59 Å². The van der Waals surface area contributed by atoms with E-state index in [1.807, 2.05) is 20.8 Å². The molecule has 1 heterocycles. The van der Waals surface area contributed by atoms with E-state index < -0.39 is 0 Å². The van der Waals surface area contributed by atoms with Gasteiger partial charge < -0.3 is 0 Å². The van der Waals surface area contributed by atoms with E-state index >= 15 is 0 Å². The third-order valence-corrected chi connectivity index (χ3v) is 3.56. The first-order valence-corrected chi connectivity index (χ1v) is 6.71. The predicted octanol–water partition coefficient (Wildman–Crippen LogP) is 3.51. The Morgan fingerprint density at radius 3 is 2.58 bits per heavy atom. The second kappa shape index (κ2) is 4.81. The Hall–Kier alpha value is -1.62. The summed E-state index contributed by atoms with van der Waals surface area (Å²) in [7, 11) is 0. The van der Waals surface area contributed by atoms with Gasteiger partial charge in [-0.25, -0.2) is 4.39 Å². The van der Waals surface area contributed by atoms with Crippen molar-refractivity contribution in [3.8, 4) is 0 Å². The summed E-state index contributed by atoms with van der Waals surface area (Å²) in [6.45, 7) is 7.68. The molecule has 0 atom stereocenters. The number of carbonyl (C=O) groups is 1. The number of benzene rings is 1. The van der Waals surface area contributed by atoms with Crippen molar-refractivity contribution in [1.29, 1.82) is 0 Å². The minimum absolute atomic E-state index is 0.141. The third-order valence-electron chi connectivity index (χ3n) is 2.84. The van der Waals surface area contributed by atoms with Crippen LogP contribution in [0.1, 0.15) is 47.3 Å². The van der Waals surface area contributed by atoms with Crippen molar-refractivity contribution in [3.05, 3.63) is 45.7 Å². The summed E-state index contributed by atoms with van der Waals surface area (Å²) in [5.74, 6) is -0.482. The van der Waals surface area contributed by atoms with Gasteiger partial charge in [0, 0.05) is 11.0 Å². The van der Waals surface area contributed by atoms with E-state index in [0.717, 1.165) is 11.5 Å². The molecule has 2 rings (SSSR count). The molecule has 0 N–H and O–H groups in total. The maximum Gasteiger partial charge on any atom is 0.206 e. The second-order valence-electron chi connectivity index (χ2n) is 5.49. The Kier molecular flexibility index (Phi) is 3.49. The lowest BCUT2D eigenvalue weighted by Gasteiger charge is -2.16. The molecule has 1 aromatic carbocycles. The summed E-state index contributed by atoms with van der Waals surface area (Å²) in [6.07, 6.45) is 0. The molecule has 0 aliphatic carbocycles. The van der Waals surface area contributed by atoms with Crippen molar-refractivity contribution >= 4 is 17.3 Å². The Bertz CT molecular complexity index is 629. The van der Waals surface area contributed by atoms with Gasteiger partial charge in [-0.3, -0.25) is 4.79 Å². The first kappa shape index (κ1) is 13.8. The van der Waals surface area contributed by atoms with Crippen molar-refractivity contribution in [2.45, 2.75) is 33.1 Å². The van der Waals surface area contributed by atoms with Crippen LogP contribution in [0.15, 0.2) is 18.2 Å². The van der Waals surface area contributed by atoms with Crippen LogP contribution in [0.5, 0.6) is 0 Å². The summed E-state index contributed by atoms with van der Waals surface area (Å²) in [4.78, 5) is 13.0. The summed E-state index contributed by atoms with van der Waals surface area (Å²) < 4.78 is 17.0. The molecule has 5 heteroatoms. The number of carbonyl (C=O) groups excluding carboxylic acids is 1. The molecule has 100 valence electrons. The number of aromatic nitrogens is 2. The monoisotopic (exact) mass is 278 g/mol. The number of nitrogens with zero attached hydrogens (tertiary/aromatic N) is 2. The molecule has 1 aromatic heterocycles. The van der Waals surface area contributed by atoms with Gasteiger partial charge in [-0.1, -0.05) is 25.3 Å². The molecule has 0 radical (unpaired) electrons. The zero-order chi connectivity index (χ0) is 14.2. The van der Waals surface area contributed by atoms with Crippen LogP contribution in [0.3, 0.4) is 0 Å². The Balaban J connectivity index is 2.48. The lowest BCUT2D eigenvalue weighted by atomic mass is 9.89. The van der Waals surface area contributed by atoms with Crippen LogP contribution in [-0.2, 0) is 5.41 Å². The number of hydrogen-bond acceptors (Lipinski definition) is 4. The average Bonchev–Trinajstić information content (AvgIpc) is 2.76. The fourth-order valence-electron chi connectivity index (χ4n) is 1.83. The molecular weight excluding hydrogens is 263 g/mol. The summed E-state index contributed by atoms with van der Waals surface area (Å²) >= 11 is 1.09. The predicted molar refractivity (Wildman–Crippen MR) is 73.2 cm³/mol. The molecule has 0 bridgehead atoms. The maximum atomic E-state index is 13.1. The molecule has 0 spiro atoms. The van der Waals surface area contributed by atoms with Gasteiger partial charge in [-0.2, -0.15) is 0 Å². The highest BCUT2D eigenvalue weighted by atomic mass is 32.1. The van der Waals surface area contributed by atoms with Gasteiger partial charge in [-0.15, -0.1) is 5.10 Å². The van der Waals surface area contributed by atoms with Crippen LogP contribution < -0.4 is 0 Å². The largest absolute Gasteiger partial charge is 0.288 e. The quantitative estimate of drug-likeness (QED) is 0.789. The van der Waals surface area contributed by atoms with E-state index in [0.29, 0.717) is 21.7 Å². The Morgan fingerprint density at radius 2 is 2.00 bits per heavy atom. The molecule has 0 aliphatic heterocycles. The number of rotatable bonds is 2. The first-order chi connectivity index (χ1) is 8.80. The van der Waals surface area contributed by atoms with E-state index in [1.165, 1.54) is 18.2 Å². The molecule has 3 nitrogen and oxygen atoms in total. The Labute approximate surface area is 115 Å². The average molecular weight is 278 g/mol. The van der Waals surface area contributed by atoms with Crippen LogP contribution in [0.25, 0.3) is 0 Å². The van der Waals surface area contributed by atoms with E-state index in [-0.39, 0.29) is 17.0 Å². The zero-order valence-electron chi connectivity index (χ0n) is 11.3. The number of aryl methyl sites for hydroxylation is 1. The fraction of sp³-hybridized carbons (Fsp3) is 0.357. The van der Waals surface area contributed by atoms with Gasteiger partial charge in [0.1, 0.15) is 10.7 Å². The molecule has 2 aromatic rings. The van der Waals surface area contributed by atoms with Crippen molar-refractivity contribution in [1.82, 2.24) is 9.59 Å². The molecule has 0 saturated heterocycles. The highest BCUT2D eigenvalue weighted by molar-refractivity contribution is 7.08. The number of hydrogen-bond donors (Lipinski definition) is 0. The topological polar surface area (TPSA) is 42.9 Å². The molecule has 0 amide bonds. The number of halogens is 1. The molecular formula is C14H15FN2OS. The highest BCUT2D eigenvalue weighted by Crippen LogP contribution is 2.28. The van der Waals surface area contributed by atoms with Crippen LogP contribution in [-0.4, -0.2) is 15.4 Å². The standard InChI is InChI=1S/C14H15FN2OS/c1-8-7-9(15)5-6-10(8)11(18)12-13(14(2,3)4)16-17-19-12/h5-7H,1-4H3. The van der Waals surface area contributed by atoms with E-state index in [1.54, 1.807) is 6.92 Å². The van der Waals surface area contributed by atoms with Crippen molar-refractivity contribution in [2.75, 3.05) is 0 Å². The fourth-order valence-corrected chi connectivity index (χ4v) is 2.66. The summed E-state index contributed by atoms with van der Waals surface area (Å²) in [6, 6.07) is 4.17. The third kappa shape index (κ3) is 2.71. The molecule has 0 aliphatic rings. The second-order valence-corrected chi connectivity index (χ2v) is 6.24. The molecule has 0 fully saturated rings. The van der Waals surface area contributed by atoms with Gasteiger partial charge in [-0.05, 0) is 42.2 Å². The zero-order valence-corrected chi connectivity index (χ0v) is 12.1. The number of ketones is 1. The van der Waals surface area contributed by atoms with Crippen LogP contribution >= 0.6 is 11.5 Å². The SMILES string of the molecule is Cc1cc(F)ccc1C(=O)c1snnc1C(C)(C)C. The van der Waals surface area contributed by atoms with Gasteiger partial charge in [0.2, 0.25) is 5.78 Å². The van der Waals surface area contributed by atoms with Crippen LogP contribution in [0.2, 0.25) is 0 Å². The molecule has 0 unspecified atom stereocenters. The van der Waals surface area contributed by atoms with Crippen molar-refractivity contribution in [3.63, 3.8) is 0 Å². The van der Waals surface area contributed by atoms with Gasteiger partial charge in [0.05, 0.1) is 5.69 Å².